The molecule has 0 atom stereocenters. The molecule has 0 unspecified atom stereocenters. The van der Waals surface area contributed by atoms with Gasteiger partial charge in [-0.3, -0.25) is 19.5 Å². The average molecular weight is 450 g/mol. The van der Waals surface area contributed by atoms with E-state index in [4.69, 9.17) is 16.1 Å². The van der Waals surface area contributed by atoms with Crippen LogP contribution in [-0.4, -0.2) is 34.4 Å². The molecule has 0 saturated carbocycles. The average Bonchev–Trinajstić information content (AvgIpc) is 3.43. The van der Waals surface area contributed by atoms with Gasteiger partial charge in [-0.05, 0) is 18.2 Å². The van der Waals surface area contributed by atoms with Crippen LogP contribution < -0.4 is 5.56 Å². The Kier molecular flexibility index (Phi) is 4.71. The summed E-state index contributed by atoms with van der Waals surface area (Å²) in [5, 5.41) is 20.1. The maximum atomic E-state index is 12.9. The van der Waals surface area contributed by atoms with E-state index in [1.165, 1.54) is 33.9 Å². The van der Waals surface area contributed by atoms with E-state index in [-0.39, 0.29) is 34.8 Å². The van der Waals surface area contributed by atoms with Gasteiger partial charge in [-0.15, -0.1) is 0 Å². The molecule has 2 aromatic carbocycles. The van der Waals surface area contributed by atoms with Gasteiger partial charge < -0.3 is 4.52 Å². The Balaban J connectivity index is 1.50. The Labute approximate surface area is 183 Å². The van der Waals surface area contributed by atoms with Gasteiger partial charge in [0.15, 0.2) is 5.65 Å². The first-order valence-corrected chi connectivity index (χ1v) is 9.64. The van der Waals surface area contributed by atoms with Gasteiger partial charge in [0.25, 0.3) is 11.2 Å². The smallest absolute Gasteiger partial charge is 0.294 e. The third kappa shape index (κ3) is 3.40. The number of halogens is 1. The van der Waals surface area contributed by atoms with E-state index in [1.807, 2.05) is 0 Å². The van der Waals surface area contributed by atoms with E-state index in [1.54, 1.807) is 36.4 Å². The van der Waals surface area contributed by atoms with Crippen molar-refractivity contribution in [1.29, 1.82) is 0 Å². The number of nitro groups is 1. The van der Waals surface area contributed by atoms with Crippen molar-refractivity contribution >= 4 is 28.3 Å². The van der Waals surface area contributed by atoms with Gasteiger partial charge in [0.1, 0.15) is 23.9 Å². The Morgan fingerprint density at radius 3 is 2.81 bits per heavy atom. The summed E-state index contributed by atoms with van der Waals surface area (Å²) in [7, 11) is 0. The number of para-hydroxylation sites is 2. The standard InChI is InChI=1S/C20H12ClN7O4/c21-13-5-3-4-12(8-13)18-24-17(32-25-18)10-26-11-22-19-14(20(26)29)9-23-27(19)15-6-1-2-7-16(15)28(30)31/h1-9,11H,10H2. The lowest BCUT2D eigenvalue weighted by molar-refractivity contribution is -0.384. The number of fused-ring (bicyclic) bond motifs is 1. The zero-order valence-electron chi connectivity index (χ0n) is 16.1. The van der Waals surface area contributed by atoms with Gasteiger partial charge in [-0.1, -0.05) is 41.0 Å². The molecule has 0 saturated heterocycles. The minimum absolute atomic E-state index is 0.00793. The van der Waals surface area contributed by atoms with Crippen molar-refractivity contribution in [3.05, 3.63) is 92.4 Å². The Bertz CT molecular complexity index is 1540. The van der Waals surface area contributed by atoms with Gasteiger partial charge in [0, 0.05) is 16.7 Å². The second-order valence-corrected chi connectivity index (χ2v) is 7.18. The first-order chi connectivity index (χ1) is 15.5. The van der Waals surface area contributed by atoms with Crippen molar-refractivity contribution in [3.63, 3.8) is 0 Å². The highest BCUT2D eigenvalue weighted by Crippen LogP contribution is 2.24. The molecule has 0 fully saturated rings. The van der Waals surface area contributed by atoms with Crippen LogP contribution >= 0.6 is 11.6 Å². The summed E-state index contributed by atoms with van der Waals surface area (Å²) in [6.45, 7) is -0.00793. The fourth-order valence-electron chi connectivity index (χ4n) is 3.24. The highest BCUT2D eigenvalue weighted by atomic mass is 35.5. The summed E-state index contributed by atoms with van der Waals surface area (Å²) in [5.74, 6) is 0.545. The largest absolute Gasteiger partial charge is 0.337 e. The lowest BCUT2D eigenvalue weighted by atomic mass is 10.2. The molecule has 0 aliphatic rings. The van der Waals surface area contributed by atoms with Crippen molar-refractivity contribution in [2.75, 3.05) is 0 Å². The molecule has 11 nitrogen and oxygen atoms in total. The molecule has 5 aromatic rings. The molecule has 0 bridgehead atoms. The molecule has 0 aliphatic heterocycles. The van der Waals surface area contributed by atoms with Gasteiger partial charge in [0.2, 0.25) is 11.7 Å². The van der Waals surface area contributed by atoms with Crippen LogP contribution in [-0.2, 0) is 6.54 Å². The van der Waals surface area contributed by atoms with Crippen molar-refractivity contribution < 1.29 is 9.45 Å². The number of benzene rings is 2. The quantitative estimate of drug-likeness (QED) is 0.294. The second kappa shape index (κ2) is 7.71. The maximum Gasteiger partial charge on any atom is 0.294 e. The van der Waals surface area contributed by atoms with Crippen molar-refractivity contribution in [1.82, 2.24) is 29.5 Å². The van der Waals surface area contributed by atoms with E-state index in [9.17, 15) is 14.9 Å². The molecule has 3 aromatic heterocycles. The molecule has 0 amide bonds. The van der Waals surface area contributed by atoms with Crippen LogP contribution in [0.4, 0.5) is 5.69 Å². The molecule has 0 radical (unpaired) electrons. The van der Waals surface area contributed by atoms with Crippen molar-refractivity contribution in [3.8, 4) is 17.1 Å². The lowest BCUT2D eigenvalue weighted by Gasteiger charge is -2.05. The molecule has 32 heavy (non-hydrogen) atoms. The molecule has 0 N–H and O–H groups in total. The highest BCUT2D eigenvalue weighted by Gasteiger charge is 2.19. The van der Waals surface area contributed by atoms with Crippen LogP contribution in [0.1, 0.15) is 5.89 Å². The number of aromatic nitrogens is 6. The van der Waals surface area contributed by atoms with Crippen LogP contribution in [0.2, 0.25) is 5.02 Å². The second-order valence-electron chi connectivity index (χ2n) is 6.74. The van der Waals surface area contributed by atoms with Gasteiger partial charge in [-0.2, -0.15) is 10.1 Å². The molecule has 0 aliphatic carbocycles. The molecular formula is C20H12ClN7O4. The monoisotopic (exact) mass is 449 g/mol. The first kappa shape index (κ1) is 19.6. The van der Waals surface area contributed by atoms with Gasteiger partial charge in [0.05, 0.1) is 11.1 Å². The molecule has 12 heteroatoms. The molecular weight excluding hydrogens is 438 g/mol. The van der Waals surface area contributed by atoms with Crippen molar-refractivity contribution in [2.24, 2.45) is 0 Å². The van der Waals surface area contributed by atoms with Crippen LogP contribution in [0.25, 0.3) is 28.1 Å². The number of rotatable bonds is 5. The number of hydrogen-bond donors (Lipinski definition) is 0. The van der Waals surface area contributed by atoms with Crippen LogP contribution in [0.5, 0.6) is 0 Å². The SMILES string of the molecule is O=c1c2cnn(-c3ccccc3[N+](=O)[O-])c2ncn1Cc1nc(-c2cccc(Cl)c2)no1. The van der Waals surface area contributed by atoms with E-state index in [0.717, 1.165) is 0 Å². The van der Waals surface area contributed by atoms with E-state index in [0.29, 0.717) is 16.4 Å². The van der Waals surface area contributed by atoms with Crippen LogP contribution in [0.3, 0.4) is 0 Å². The van der Waals surface area contributed by atoms with Gasteiger partial charge >= 0.3 is 0 Å². The summed E-state index contributed by atoms with van der Waals surface area (Å²) in [5.41, 5.74) is 0.537. The van der Waals surface area contributed by atoms with Gasteiger partial charge in [-0.25, -0.2) is 9.67 Å². The van der Waals surface area contributed by atoms with E-state index in [2.05, 4.69) is 20.2 Å². The summed E-state index contributed by atoms with van der Waals surface area (Å²) in [6, 6.07) is 13.1. The normalized spacial score (nSPS) is 11.2. The predicted molar refractivity (Wildman–Crippen MR) is 114 cm³/mol. The summed E-state index contributed by atoms with van der Waals surface area (Å²) in [6.07, 6.45) is 2.63. The minimum atomic E-state index is -0.517. The number of nitro benzene ring substituents is 1. The Hall–Kier alpha value is -4.38. The molecule has 0 spiro atoms. The fourth-order valence-corrected chi connectivity index (χ4v) is 3.44. The first-order valence-electron chi connectivity index (χ1n) is 9.27. The van der Waals surface area contributed by atoms with Crippen molar-refractivity contribution in [2.45, 2.75) is 6.54 Å². The highest BCUT2D eigenvalue weighted by molar-refractivity contribution is 6.30. The Morgan fingerprint density at radius 2 is 2.00 bits per heavy atom. The third-order valence-electron chi connectivity index (χ3n) is 4.72. The third-order valence-corrected chi connectivity index (χ3v) is 4.95. The van der Waals surface area contributed by atoms with Crippen LogP contribution in [0.15, 0.2) is 70.4 Å². The maximum absolute atomic E-state index is 12.9. The summed E-state index contributed by atoms with van der Waals surface area (Å²) < 4.78 is 7.82. The molecule has 5 rings (SSSR count). The number of hydrogen-bond acceptors (Lipinski definition) is 8. The zero-order valence-corrected chi connectivity index (χ0v) is 16.9. The lowest BCUT2D eigenvalue weighted by Crippen LogP contribution is -2.21. The Morgan fingerprint density at radius 1 is 1.16 bits per heavy atom. The summed E-state index contributed by atoms with van der Waals surface area (Å²) in [4.78, 5) is 32.4. The molecule has 3 heterocycles. The predicted octanol–water partition coefficient (Wildman–Crippen LogP) is 3.24. The van der Waals surface area contributed by atoms with E-state index < -0.39 is 10.5 Å². The zero-order chi connectivity index (χ0) is 22.2. The van der Waals surface area contributed by atoms with Crippen LogP contribution in [0, 0.1) is 10.1 Å². The topological polar surface area (TPSA) is 135 Å². The van der Waals surface area contributed by atoms with E-state index >= 15 is 0 Å². The molecule has 158 valence electrons. The summed E-state index contributed by atoms with van der Waals surface area (Å²) >= 11 is 6.00. The minimum Gasteiger partial charge on any atom is -0.337 e. The fraction of sp³-hybridized carbons (Fsp3) is 0.0500. The number of nitrogens with zero attached hydrogens (tertiary/aromatic N) is 7.